The van der Waals surface area contributed by atoms with Crippen LogP contribution in [0.25, 0.3) is 0 Å². The Balaban J connectivity index is 2.04. The number of aryl methyl sites for hydroxylation is 2. The fourth-order valence-electron chi connectivity index (χ4n) is 1.36. The largest absolute Gasteiger partial charge is 0.377 e. The van der Waals surface area contributed by atoms with Crippen LogP contribution in [-0.4, -0.2) is 9.97 Å². The lowest BCUT2D eigenvalue weighted by molar-refractivity contribution is 1.07. The molecule has 0 fully saturated rings. The van der Waals surface area contributed by atoms with Crippen LogP contribution in [0.5, 0.6) is 0 Å². The van der Waals surface area contributed by atoms with Crippen LogP contribution in [0.15, 0.2) is 17.6 Å². The van der Waals surface area contributed by atoms with E-state index in [1.807, 2.05) is 25.3 Å². The van der Waals surface area contributed by atoms with Crippen molar-refractivity contribution in [3.8, 4) is 0 Å². The molecule has 0 aliphatic heterocycles. The SMILES string of the molecule is Cc1csc(CNc2cnc(Cl)cc2C)n1. The smallest absolute Gasteiger partial charge is 0.129 e. The van der Waals surface area contributed by atoms with Crippen molar-refractivity contribution in [2.75, 3.05) is 5.32 Å². The van der Waals surface area contributed by atoms with Gasteiger partial charge in [0.05, 0.1) is 18.4 Å². The van der Waals surface area contributed by atoms with E-state index >= 15 is 0 Å². The molecule has 3 nitrogen and oxygen atoms in total. The summed E-state index contributed by atoms with van der Waals surface area (Å²) >= 11 is 7.45. The molecule has 0 saturated heterocycles. The van der Waals surface area contributed by atoms with E-state index in [0.29, 0.717) is 5.15 Å². The zero-order chi connectivity index (χ0) is 11.5. The second kappa shape index (κ2) is 4.80. The molecule has 0 aliphatic rings. The quantitative estimate of drug-likeness (QED) is 0.852. The van der Waals surface area contributed by atoms with Gasteiger partial charge in [0.15, 0.2) is 0 Å². The Morgan fingerprint density at radius 1 is 1.44 bits per heavy atom. The summed E-state index contributed by atoms with van der Waals surface area (Å²) in [4.78, 5) is 8.43. The number of thiazole rings is 1. The molecular formula is C11H12ClN3S. The van der Waals surface area contributed by atoms with Gasteiger partial charge in [0.25, 0.3) is 0 Å². The van der Waals surface area contributed by atoms with Crippen molar-refractivity contribution in [2.45, 2.75) is 20.4 Å². The van der Waals surface area contributed by atoms with Crippen LogP contribution in [0.2, 0.25) is 5.15 Å². The van der Waals surface area contributed by atoms with Crippen molar-refractivity contribution in [3.05, 3.63) is 39.1 Å². The van der Waals surface area contributed by atoms with E-state index in [2.05, 4.69) is 15.3 Å². The Kier molecular flexibility index (Phi) is 3.41. The molecule has 0 unspecified atom stereocenters. The summed E-state index contributed by atoms with van der Waals surface area (Å²) in [6, 6.07) is 1.84. The fraction of sp³-hybridized carbons (Fsp3) is 0.273. The summed E-state index contributed by atoms with van der Waals surface area (Å²) in [6.45, 7) is 4.72. The summed E-state index contributed by atoms with van der Waals surface area (Å²) in [5, 5.41) is 6.94. The van der Waals surface area contributed by atoms with Gasteiger partial charge in [0.1, 0.15) is 10.2 Å². The van der Waals surface area contributed by atoms with Crippen LogP contribution < -0.4 is 5.32 Å². The molecule has 2 heterocycles. The lowest BCUT2D eigenvalue weighted by Crippen LogP contribution is -2.01. The second-order valence-electron chi connectivity index (χ2n) is 3.56. The molecule has 16 heavy (non-hydrogen) atoms. The number of nitrogens with one attached hydrogen (secondary N) is 1. The van der Waals surface area contributed by atoms with E-state index < -0.39 is 0 Å². The van der Waals surface area contributed by atoms with Crippen molar-refractivity contribution < 1.29 is 0 Å². The van der Waals surface area contributed by atoms with Gasteiger partial charge in [-0.15, -0.1) is 11.3 Å². The highest BCUT2D eigenvalue weighted by Crippen LogP contribution is 2.18. The average molecular weight is 254 g/mol. The van der Waals surface area contributed by atoms with Crippen molar-refractivity contribution in [1.82, 2.24) is 9.97 Å². The standard InChI is InChI=1S/C11H12ClN3S/c1-7-3-10(12)14-4-9(7)13-5-11-15-8(2)6-16-11/h3-4,6,13H,5H2,1-2H3. The lowest BCUT2D eigenvalue weighted by atomic mass is 10.2. The van der Waals surface area contributed by atoms with Gasteiger partial charge in [-0.2, -0.15) is 0 Å². The molecule has 2 rings (SSSR count). The number of pyridine rings is 1. The first-order valence-corrected chi connectivity index (χ1v) is 6.18. The number of halogens is 1. The van der Waals surface area contributed by atoms with Crippen molar-refractivity contribution in [2.24, 2.45) is 0 Å². The molecule has 2 aromatic rings. The van der Waals surface area contributed by atoms with Crippen molar-refractivity contribution >= 4 is 28.6 Å². The van der Waals surface area contributed by atoms with Gasteiger partial charge >= 0.3 is 0 Å². The normalized spacial score (nSPS) is 10.4. The topological polar surface area (TPSA) is 37.8 Å². The van der Waals surface area contributed by atoms with Crippen molar-refractivity contribution in [1.29, 1.82) is 0 Å². The first-order valence-electron chi connectivity index (χ1n) is 4.92. The van der Waals surface area contributed by atoms with Gasteiger partial charge in [-0.25, -0.2) is 9.97 Å². The number of aromatic nitrogens is 2. The molecule has 0 spiro atoms. The summed E-state index contributed by atoms with van der Waals surface area (Å²) in [6.07, 6.45) is 1.75. The lowest BCUT2D eigenvalue weighted by Gasteiger charge is -2.07. The highest BCUT2D eigenvalue weighted by atomic mass is 35.5. The minimum absolute atomic E-state index is 0.521. The zero-order valence-corrected chi connectivity index (χ0v) is 10.7. The van der Waals surface area contributed by atoms with Crippen LogP contribution in [0.3, 0.4) is 0 Å². The summed E-state index contributed by atoms with van der Waals surface area (Å²) in [5.74, 6) is 0. The minimum atomic E-state index is 0.521. The number of hydrogen-bond donors (Lipinski definition) is 1. The second-order valence-corrected chi connectivity index (χ2v) is 4.89. The third-order valence-electron chi connectivity index (χ3n) is 2.17. The van der Waals surface area contributed by atoms with Gasteiger partial charge in [-0.3, -0.25) is 0 Å². The van der Waals surface area contributed by atoms with Crippen LogP contribution in [-0.2, 0) is 6.54 Å². The Labute approximate surface area is 104 Å². The molecule has 1 N–H and O–H groups in total. The first kappa shape index (κ1) is 11.4. The maximum Gasteiger partial charge on any atom is 0.129 e. The molecule has 0 radical (unpaired) electrons. The van der Waals surface area contributed by atoms with E-state index in [1.54, 1.807) is 17.5 Å². The van der Waals surface area contributed by atoms with E-state index in [4.69, 9.17) is 11.6 Å². The predicted molar refractivity (Wildman–Crippen MR) is 68.2 cm³/mol. The van der Waals surface area contributed by atoms with Crippen LogP contribution in [0.1, 0.15) is 16.3 Å². The first-order chi connectivity index (χ1) is 7.65. The Morgan fingerprint density at radius 2 is 2.25 bits per heavy atom. The monoisotopic (exact) mass is 253 g/mol. The highest BCUT2D eigenvalue weighted by Gasteiger charge is 2.02. The Hall–Kier alpha value is -1.13. The van der Waals surface area contributed by atoms with Gasteiger partial charge in [0.2, 0.25) is 0 Å². The highest BCUT2D eigenvalue weighted by molar-refractivity contribution is 7.09. The minimum Gasteiger partial charge on any atom is -0.377 e. The van der Waals surface area contributed by atoms with E-state index in [-0.39, 0.29) is 0 Å². The third-order valence-corrected chi connectivity index (χ3v) is 3.35. The van der Waals surface area contributed by atoms with Gasteiger partial charge in [-0.1, -0.05) is 11.6 Å². The molecule has 0 atom stereocenters. The molecule has 84 valence electrons. The number of nitrogens with zero attached hydrogens (tertiary/aromatic N) is 2. The molecule has 5 heteroatoms. The Morgan fingerprint density at radius 3 is 2.88 bits per heavy atom. The maximum atomic E-state index is 5.79. The van der Waals surface area contributed by atoms with E-state index in [1.165, 1.54) is 0 Å². The third kappa shape index (κ3) is 2.71. The van der Waals surface area contributed by atoms with Crippen LogP contribution in [0, 0.1) is 13.8 Å². The summed E-state index contributed by atoms with van der Waals surface area (Å²) in [5.41, 5.74) is 3.15. The average Bonchev–Trinajstić information content (AvgIpc) is 2.63. The molecular weight excluding hydrogens is 242 g/mol. The van der Waals surface area contributed by atoms with Crippen LogP contribution >= 0.6 is 22.9 Å². The molecule has 2 aromatic heterocycles. The van der Waals surface area contributed by atoms with Gasteiger partial charge < -0.3 is 5.32 Å². The molecule has 0 saturated carbocycles. The van der Waals surface area contributed by atoms with Crippen molar-refractivity contribution in [3.63, 3.8) is 0 Å². The summed E-state index contributed by atoms with van der Waals surface area (Å²) in [7, 11) is 0. The zero-order valence-electron chi connectivity index (χ0n) is 9.12. The Bertz CT molecular complexity index is 496. The molecule has 0 aromatic carbocycles. The predicted octanol–water partition coefficient (Wildman–Crippen LogP) is 3.42. The molecule has 0 aliphatic carbocycles. The number of rotatable bonds is 3. The fourth-order valence-corrected chi connectivity index (χ4v) is 2.29. The maximum absolute atomic E-state index is 5.79. The number of anilines is 1. The van der Waals surface area contributed by atoms with E-state index in [0.717, 1.165) is 28.5 Å². The molecule has 0 amide bonds. The number of hydrogen-bond acceptors (Lipinski definition) is 4. The van der Waals surface area contributed by atoms with E-state index in [9.17, 15) is 0 Å². The van der Waals surface area contributed by atoms with Crippen LogP contribution in [0.4, 0.5) is 5.69 Å². The van der Waals surface area contributed by atoms with Gasteiger partial charge in [-0.05, 0) is 25.5 Å². The van der Waals surface area contributed by atoms with Gasteiger partial charge in [0, 0.05) is 11.1 Å². The summed E-state index contributed by atoms with van der Waals surface area (Å²) < 4.78 is 0. The molecule has 0 bridgehead atoms.